The lowest BCUT2D eigenvalue weighted by Gasteiger charge is -2.15. The van der Waals surface area contributed by atoms with Gasteiger partial charge in [0.2, 0.25) is 5.13 Å². The summed E-state index contributed by atoms with van der Waals surface area (Å²) in [5.74, 6) is 5.57. The molecule has 1 fully saturated rings. The third-order valence-electron chi connectivity index (χ3n) is 5.56. The van der Waals surface area contributed by atoms with Crippen molar-refractivity contribution in [1.29, 1.82) is 0 Å². The Morgan fingerprint density at radius 3 is 2.71 bits per heavy atom. The van der Waals surface area contributed by atoms with Gasteiger partial charge in [0.15, 0.2) is 5.01 Å². The lowest BCUT2D eigenvalue weighted by molar-refractivity contribution is -0.137. The van der Waals surface area contributed by atoms with Crippen LogP contribution in [0.15, 0.2) is 40.6 Å². The second kappa shape index (κ2) is 10.3. The fraction of sp³-hybridized carbons (Fsp3) is 0.240. The van der Waals surface area contributed by atoms with Crippen LogP contribution in [0.3, 0.4) is 0 Å². The van der Waals surface area contributed by atoms with E-state index in [1.54, 1.807) is 5.38 Å². The molecular weight excluding hydrogens is 559 g/mol. The van der Waals surface area contributed by atoms with Gasteiger partial charge in [-0.1, -0.05) is 28.9 Å². The Kier molecular flexibility index (Phi) is 7.09. The average Bonchev–Trinajstić information content (AvgIpc) is 3.44. The second-order valence-corrected chi connectivity index (χ2v) is 11.0. The van der Waals surface area contributed by atoms with E-state index in [1.165, 1.54) is 22.1 Å². The first-order valence-corrected chi connectivity index (χ1v) is 13.3. The number of benzene rings is 1. The Bertz CT molecular complexity index is 1660. The predicted molar refractivity (Wildman–Crippen MR) is 140 cm³/mol. The van der Waals surface area contributed by atoms with E-state index < -0.39 is 23.2 Å². The number of carbonyl (C=O) groups is 1. The van der Waals surface area contributed by atoms with Gasteiger partial charge in [0.05, 0.1) is 28.4 Å². The minimum atomic E-state index is -4.64. The highest BCUT2D eigenvalue weighted by molar-refractivity contribution is 7.15. The lowest BCUT2D eigenvalue weighted by Crippen LogP contribution is -2.24. The van der Waals surface area contributed by atoms with E-state index in [2.05, 4.69) is 32.3 Å². The van der Waals surface area contributed by atoms with Gasteiger partial charge in [-0.15, -0.1) is 21.5 Å². The molecule has 13 heteroatoms. The van der Waals surface area contributed by atoms with Gasteiger partial charge in [0.25, 0.3) is 11.5 Å². The van der Waals surface area contributed by atoms with Crippen molar-refractivity contribution in [2.75, 3.05) is 5.32 Å². The maximum atomic E-state index is 13.5. The number of aryl methyl sites for hydroxylation is 1. The first-order valence-electron chi connectivity index (χ1n) is 11.3. The van der Waals surface area contributed by atoms with Crippen LogP contribution in [0.25, 0.3) is 11.1 Å². The summed E-state index contributed by atoms with van der Waals surface area (Å²) in [6, 6.07) is 3.88. The zero-order valence-corrected chi connectivity index (χ0v) is 22.0. The molecule has 4 aromatic rings. The zero-order chi connectivity index (χ0) is 27.0. The molecule has 3 heterocycles. The van der Waals surface area contributed by atoms with Gasteiger partial charge >= 0.3 is 6.18 Å². The van der Waals surface area contributed by atoms with Crippen LogP contribution in [0.1, 0.15) is 44.5 Å². The zero-order valence-electron chi connectivity index (χ0n) is 19.6. The standard InChI is InChI=1S/C25H17ClF3N5O2S2/c1-13-30-16(12-37-13)10-34-11-19(17-8-15(25(27,28)29)5-6-20(17)26)18(9-22(34)35)23(36)31-24-33-32-21(38-24)7-4-14-2-3-14/h5-6,8-9,11-12,14H,2-3,10H2,1H3,(H,31,33,36). The van der Waals surface area contributed by atoms with Gasteiger partial charge in [0.1, 0.15) is 0 Å². The van der Waals surface area contributed by atoms with Crippen molar-refractivity contribution >= 4 is 45.3 Å². The van der Waals surface area contributed by atoms with Crippen LogP contribution in [0, 0.1) is 24.7 Å². The maximum Gasteiger partial charge on any atom is 0.416 e. The van der Waals surface area contributed by atoms with Crippen LogP contribution in [0.5, 0.6) is 0 Å². The van der Waals surface area contributed by atoms with Gasteiger partial charge in [-0.05, 0) is 43.9 Å². The number of nitrogens with one attached hydrogen (secondary N) is 1. The minimum absolute atomic E-state index is 0.0182. The number of amides is 1. The largest absolute Gasteiger partial charge is 0.416 e. The minimum Gasteiger partial charge on any atom is -0.309 e. The summed E-state index contributed by atoms with van der Waals surface area (Å²) in [6.45, 7) is 1.88. The van der Waals surface area contributed by atoms with E-state index in [1.807, 2.05) is 6.92 Å². The van der Waals surface area contributed by atoms with Crippen molar-refractivity contribution in [3.05, 3.63) is 78.1 Å². The Hall–Kier alpha value is -3.53. The summed E-state index contributed by atoms with van der Waals surface area (Å²) < 4.78 is 41.8. The van der Waals surface area contributed by atoms with Crippen molar-refractivity contribution in [3.63, 3.8) is 0 Å². The first-order chi connectivity index (χ1) is 18.1. The molecule has 1 aromatic carbocycles. The van der Waals surface area contributed by atoms with Crippen LogP contribution in [-0.4, -0.2) is 25.7 Å². The third kappa shape index (κ3) is 5.96. The van der Waals surface area contributed by atoms with E-state index >= 15 is 0 Å². The lowest BCUT2D eigenvalue weighted by atomic mass is 9.99. The predicted octanol–water partition coefficient (Wildman–Crippen LogP) is 5.87. The van der Waals surface area contributed by atoms with Gasteiger partial charge in [-0.3, -0.25) is 14.9 Å². The van der Waals surface area contributed by atoms with E-state index in [0.29, 0.717) is 16.6 Å². The van der Waals surface area contributed by atoms with E-state index in [0.717, 1.165) is 53.5 Å². The number of anilines is 1. The Labute approximate surface area is 227 Å². The molecule has 0 unspecified atom stereocenters. The molecule has 0 aliphatic heterocycles. The van der Waals surface area contributed by atoms with Gasteiger partial charge in [-0.25, -0.2) is 4.98 Å². The summed E-state index contributed by atoms with van der Waals surface area (Å²) in [6.07, 6.45) is -1.23. The summed E-state index contributed by atoms with van der Waals surface area (Å²) in [4.78, 5) is 30.6. The average molecular weight is 576 g/mol. The van der Waals surface area contributed by atoms with Crippen molar-refractivity contribution in [3.8, 4) is 23.0 Å². The fourth-order valence-corrected chi connectivity index (χ4v) is 4.97. The first kappa shape index (κ1) is 26.1. The molecule has 5 rings (SSSR count). The van der Waals surface area contributed by atoms with Crippen molar-refractivity contribution in [1.82, 2.24) is 19.7 Å². The molecular formula is C25H17ClF3N5O2S2. The van der Waals surface area contributed by atoms with Gasteiger partial charge in [0, 0.05) is 39.7 Å². The van der Waals surface area contributed by atoms with E-state index in [-0.39, 0.29) is 33.4 Å². The number of rotatable bonds is 5. The van der Waals surface area contributed by atoms with Crippen LogP contribution in [-0.2, 0) is 12.7 Å². The SMILES string of the molecule is Cc1nc(Cn2cc(-c3cc(C(F)(F)F)ccc3Cl)c(C(=O)Nc3nnc(C#CC4CC4)s3)cc2=O)cs1. The maximum absolute atomic E-state index is 13.5. The summed E-state index contributed by atoms with van der Waals surface area (Å²) in [7, 11) is 0. The van der Waals surface area contributed by atoms with Gasteiger partial charge in [-0.2, -0.15) is 13.2 Å². The smallest absolute Gasteiger partial charge is 0.309 e. The number of hydrogen-bond donors (Lipinski definition) is 1. The molecule has 1 aliphatic rings. The monoisotopic (exact) mass is 575 g/mol. The summed E-state index contributed by atoms with van der Waals surface area (Å²) in [5.41, 5.74) is -1.06. The molecule has 38 heavy (non-hydrogen) atoms. The molecule has 0 spiro atoms. The number of aromatic nitrogens is 4. The Balaban J connectivity index is 1.55. The molecule has 1 saturated carbocycles. The molecule has 0 atom stereocenters. The summed E-state index contributed by atoms with van der Waals surface area (Å²) in [5, 5.41) is 13.5. The molecule has 0 saturated heterocycles. The van der Waals surface area contributed by atoms with Crippen LogP contribution >= 0.6 is 34.3 Å². The van der Waals surface area contributed by atoms with Crippen molar-refractivity contribution in [2.24, 2.45) is 5.92 Å². The Morgan fingerprint density at radius 1 is 1.24 bits per heavy atom. The van der Waals surface area contributed by atoms with Gasteiger partial charge < -0.3 is 4.57 Å². The van der Waals surface area contributed by atoms with Crippen molar-refractivity contribution in [2.45, 2.75) is 32.5 Å². The number of alkyl halides is 3. The second-order valence-electron chi connectivity index (χ2n) is 8.53. The molecule has 3 aromatic heterocycles. The number of carbonyl (C=O) groups excluding carboxylic acids is 1. The number of halogens is 4. The highest BCUT2D eigenvalue weighted by atomic mass is 35.5. The topological polar surface area (TPSA) is 89.8 Å². The molecule has 0 radical (unpaired) electrons. The number of hydrogen-bond acceptors (Lipinski definition) is 7. The highest BCUT2D eigenvalue weighted by Gasteiger charge is 2.32. The van der Waals surface area contributed by atoms with Crippen LogP contribution < -0.4 is 10.9 Å². The molecule has 0 bridgehead atoms. The third-order valence-corrected chi connectivity index (χ3v) is 7.47. The van der Waals surface area contributed by atoms with E-state index in [4.69, 9.17) is 11.6 Å². The fourth-order valence-electron chi connectivity index (χ4n) is 3.54. The number of thiazole rings is 1. The van der Waals surface area contributed by atoms with Crippen molar-refractivity contribution < 1.29 is 18.0 Å². The Morgan fingerprint density at radius 2 is 2.03 bits per heavy atom. The summed E-state index contributed by atoms with van der Waals surface area (Å²) >= 11 is 8.76. The van der Waals surface area contributed by atoms with E-state index in [9.17, 15) is 22.8 Å². The van der Waals surface area contributed by atoms with Crippen LogP contribution in [0.2, 0.25) is 5.02 Å². The normalized spacial score (nSPS) is 13.2. The van der Waals surface area contributed by atoms with Crippen LogP contribution in [0.4, 0.5) is 18.3 Å². The highest BCUT2D eigenvalue weighted by Crippen LogP contribution is 2.37. The molecule has 194 valence electrons. The molecule has 7 nitrogen and oxygen atoms in total. The number of nitrogens with zero attached hydrogens (tertiary/aromatic N) is 4. The molecule has 1 aliphatic carbocycles. The molecule has 1 amide bonds. The quantitative estimate of drug-likeness (QED) is 0.301. The molecule has 1 N–H and O–H groups in total. The number of pyridine rings is 1.